The molecule has 1 saturated heterocycles. The van der Waals surface area contributed by atoms with Gasteiger partial charge in [0.05, 0.1) is 35.4 Å². The van der Waals surface area contributed by atoms with Crippen LogP contribution in [0.25, 0.3) is 11.3 Å². The fraction of sp³-hybridized carbons (Fsp3) is 0.433. The monoisotopic (exact) mass is 548 g/mol. The second kappa shape index (κ2) is 11.4. The lowest BCUT2D eigenvalue weighted by molar-refractivity contribution is -0.123. The van der Waals surface area contributed by atoms with Crippen LogP contribution in [0.2, 0.25) is 0 Å². The number of rotatable bonds is 7. The van der Waals surface area contributed by atoms with Crippen molar-refractivity contribution in [3.05, 3.63) is 65.7 Å². The lowest BCUT2D eigenvalue weighted by Crippen LogP contribution is -2.45. The summed E-state index contributed by atoms with van der Waals surface area (Å²) in [6.45, 7) is 7.26. The summed E-state index contributed by atoms with van der Waals surface area (Å²) in [6.07, 6.45) is 1.96. The van der Waals surface area contributed by atoms with E-state index in [-0.39, 0.29) is 35.5 Å². The van der Waals surface area contributed by atoms with E-state index >= 15 is 0 Å². The molecule has 0 spiro atoms. The number of hydrogen-bond acceptors (Lipinski definition) is 6. The first-order chi connectivity index (χ1) is 18.8. The number of amides is 2. The first kappa shape index (κ1) is 27.3. The van der Waals surface area contributed by atoms with Crippen LogP contribution in [0.5, 0.6) is 5.75 Å². The van der Waals surface area contributed by atoms with E-state index in [1.165, 1.54) is 11.8 Å². The number of carbonyl (C=O) groups excluding carboxylic acids is 2. The molecule has 2 aliphatic heterocycles. The van der Waals surface area contributed by atoms with Crippen LogP contribution in [-0.2, 0) is 19.9 Å². The van der Waals surface area contributed by atoms with Crippen LogP contribution in [0.15, 0.2) is 54.6 Å². The molecule has 39 heavy (non-hydrogen) atoms. The van der Waals surface area contributed by atoms with Gasteiger partial charge in [0.2, 0.25) is 11.8 Å². The summed E-state index contributed by atoms with van der Waals surface area (Å²) in [4.78, 5) is 28.6. The van der Waals surface area contributed by atoms with E-state index in [4.69, 9.17) is 14.6 Å². The van der Waals surface area contributed by atoms with Crippen LogP contribution >= 0.6 is 11.8 Å². The van der Waals surface area contributed by atoms with Crippen molar-refractivity contribution in [1.82, 2.24) is 15.1 Å². The minimum atomic E-state index is -0.454. The Balaban J connectivity index is 1.65. The standard InChI is InChI=1S/C30H36N4O4S/c1-30(2,3)34-29-26(27(32-34)20-11-6-5-7-12-20)28(22-14-8-9-15-23(22)37-4)39-19-25(36)33(29)18-24(35)31-17-21-13-10-16-38-21/h5-9,11-12,14-15,21,28H,10,13,16-19H2,1-4H3,(H,31,35). The lowest BCUT2D eigenvalue weighted by Gasteiger charge is -2.29. The molecule has 0 radical (unpaired) electrons. The minimum absolute atomic E-state index is 0.0274. The summed E-state index contributed by atoms with van der Waals surface area (Å²) in [5.74, 6) is 1.28. The number of methoxy groups -OCH3 is 1. The molecule has 1 N–H and O–H groups in total. The van der Waals surface area contributed by atoms with Gasteiger partial charge in [0.15, 0.2) is 0 Å². The SMILES string of the molecule is COc1ccccc1C1SCC(=O)N(CC(=O)NCC2CCCO2)c2c1c(-c1ccccc1)nn2C(C)(C)C. The van der Waals surface area contributed by atoms with E-state index < -0.39 is 5.54 Å². The van der Waals surface area contributed by atoms with E-state index in [1.807, 2.05) is 59.3 Å². The Morgan fingerprint density at radius 2 is 1.90 bits per heavy atom. The Morgan fingerprint density at radius 1 is 1.15 bits per heavy atom. The van der Waals surface area contributed by atoms with Gasteiger partial charge in [-0.1, -0.05) is 48.5 Å². The summed E-state index contributed by atoms with van der Waals surface area (Å²) < 4.78 is 13.3. The van der Waals surface area contributed by atoms with Crippen molar-refractivity contribution in [2.45, 2.75) is 50.5 Å². The van der Waals surface area contributed by atoms with Crippen molar-refractivity contribution in [2.24, 2.45) is 0 Å². The molecule has 1 fully saturated rings. The topological polar surface area (TPSA) is 85.7 Å². The van der Waals surface area contributed by atoms with Gasteiger partial charge in [0, 0.05) is 29.8 Å². The molecule has 3 aromatic rings. The molecule has 0 saturated carbocycles. The fourth-order valence-electron chi connectivity index (χ4n) is 5.16. The molecule has 0 aliphatic carbocycles. The average molecular weight is 549 g/mol. The average Bonchev–Trinajstić information content (AvgIpc) is 3.57. The van der Waals surface area contributed by atoms with Crippen molar-refractivity contribution < 1.29 is 19.1 Å². The first-order valence-electron chi connectivity index (χ1n) is 13.4. The van der Waals surface area contributed by atoms with Gasteiger partial charge >= 0.3 is 0 Å². The van der Waals surface area contributed by atoms with Crippen molar-refractivity contribution in [2.75, 3.05) is 37.5 Å². The molecule has 5 rings (SSSR count). The normalized spacial score (nSPS) is 19.5. The van der Waals surface area contributed by atoms with Gasteiger partial charge in [-0.2, -0.15) is 5.10 Å². The van der Waals surface area contributed by atoms with Crippen molar-refractivity contribution in [3.8, 4) is 17.0 Å². The first-order valence-corrected chi connectivity index (χ1v) is 14.4. The molecule has 8 nitrogen and oxygen atoms in total. The Hall–Kier alpha value is -3.30. The summed E-state index contributed by atoms with van der Waals surface area (Å²) in [6, 6.07) is 17.9. The third-order valence-corrected chi connectivity index (χ3v) is 8.28. The van der Waals surface area contributed by atoms with E-state index in [0.29, 0.717) is 12.4 Å². The molecule has 2 aliphatic rings. The zero-order valence-electron chi connectivity index (χ0n) is 23.0. The largest absolute Gasteiger partial charge is 0.496 e. The maximum Gasteiger partial charge on any atom is 0.240 e. The summed E-state index contributed by atoms with van der Waals surface area (Å²) >= 11 is 1.54. The van der Waals surface area contributed by atoms with Crippen LogP contribution in [0, 0.1) is 0 Å². The number of fused-ring (bicyclic) bond motifs is 1. The summed E-state index contributed by atoms with van der Waals surface area (Å²) in [5.41, 5.74) is 3.17. The van der Waals surface area contributed by atoms with Gasteiger partial charge in [-0.25, -0.2) is 4.68 Å². The third-order valence-electron chi connectivity index (χ3n) is 7.05. The number of para-hydroxylation sites is 1. The Bertz CT molecular complexity index is 1330. The number of carbonyl (C=O) groups is 2. The predicted octanol–water partition coefficient (Wildman–Crippen LogP) is 4.78. The number of aromatic nitrogens is 2. The third kappa shape index (κ3) is 5.70. The zero-order valence-corrected chi connectivity index (χ0v) is 23.8. The highest BCUT2D eigenvalue weighted by Crippen LogP contribution is 2.50. The fourth-order valence-corrected chi connectivity index (χ4v) is 6.38. The van der Waals surface area contributed by atoms with Crippen molar-refractivity contribution >= 4 is 29.4 Å². The molecule has 2 unspecified atom stereocenters. The van der Waals surface area contributed by atoms with Gasteiger partial charge in [0.25, 0.3) is 0 Å². The van der Waals surface area contributed by atoms with Crippen LogP contribution in [-0.4, -0.2) is 60.3 Å². The van der Waals surface area contributed by atoms with Gasteiger partial charge < -0.3 is 14.8 Å². The summed E-state index contributed by atoms with van der Waals surface area (Å²) in [7, 11) is 1.66. The number of anilines is 1. The molecular weight excluding hydrogens is 512 g/mol. The molecule has 3 heterocycles. The highest BCUT2D eigenvalue weighted by molar-refractivity contribution is 8.00. The van der Waals surface area contributed by atoms with Gasteiger partial charge in [-0.3, -0.25) is 14.5 Å². The maximum atomic E-state index is 13.8. The second-order valence-electron chi connectivity index (χ2n) is 10.9. The smallest absolute Gasteiger partial charge is 0.240 e. The lowest BCUT2D eigenvalue weighted by atomic mass is 9.98. The number of hydrogen-bond donors (Lipinski definition) is 1. The van der Waals surface area contributed by atoms with E-state index in [9.17, 15) is 9.59 Å². The van der Waals surface area contributed by atoms with Crippen LogP contribution in [0.1, 0.15) is 50.0 Å². The van der Waals surface area contributed by atoms with E-state index in [1.54, 1.807) is 12.0 Å². The molecule has 2 atom stereocenters. The predicted molar refractivity (Wildman–Crippen MR) is 154 cm³/mol. The number of nitrogens with zero attached hydrogens (tertiary/aromatic N) is 3. The Kier molecular flexibility index (Phi) is 8.00. The van der Waals surface area contributed by atoms with Crippen LogP contribution in [0.4, 0.5) is 5.82 Å². The van der Waals surface area contributed by atoms with Gasteiger partial charge in [-0.05, 0) is 39.7 Å². The molecular formula is C30H36N4O4S. The van der Waals surface area contributed by atoms with Crippen LogP contribution in [0.3, 0.4) is 0 Å². The Labute approximate surface area is 234 Å². The maximum absolute atomic E-state index is 13.8. The molecule has 2 amide bonds. The van der Waals surface area contributed by atoms with Crippen LogP contribution < -0.4 is 15.0 Å². The molecule has 2 aromatic carbocycles. The Morgan fingerprint density at radius 3 is 2.59 bits per heavy atom. The molecule has 9 heteroatoms. The second-order valence-corrected chi connectivity index (χ2v) is 12.0. The molecule has 0 bridgehead atoms. The number of benzene rings is 2. The highest BCUT2D eigenvalue weighted by atomic mass is 32.2. The zero-order chi connectivity index (χ0) is 27.6. The van der Waals surface area contributed by atoms with Gasteiger partial charge in [-0.15, -0.1) is 11.8 Å². The van der Waals surface area contributed by atoms with E-state index in [2.05, 4.69) is 26.1 Å². The number of ether oxygens (including phenoxy) is 2. The van der Waals surface area contributed by atoms with Gasteiger partial charge in [0.1, 0.15) is 18.1 Å². The van der Waals surface area contributed by atoms with Crippen molar-refractivity contribution in [3.63, 3.8) is 0 Å². The quantitative estimate of drug-likeness (QED) is 0.458. The number of thioether (sulfide) groups is 1. The highest BCUT2D eigenvalue weighted by Gasteiger charge is 2.40. The molecule has 206 valence electrons. The molecule has 1 aromatic heterocycles. The van der Waals surface area contributed by atoms with Crippen molar-refractivity contribution in [1.29, 1.82) is 0 Å². The minimum Gasteiger partial charge on any atom is -0.496 e. The van der Waals surface area contributed by atoms with E-state index in [0.717, 1.165) is 47.6 Å². The summed E-state index contributed by atoms with van der Waals surface area (Å²) in [5, 5.41) is 7.88. The number of nitrogens with one attached hydrogen (secondary N) is 1.